The predicted octanol–water partition coefficient (Wildman–Crippen LogP) is 2.35. The Balaban J connectivity index is 1.15. The molecule has 2 aromatic carbocycles. The van der Waals surface area contributed by atoms with E-state index in [4.69, 9.17) is 9.47 Å². The minimum absolute atomic E-state index is 0.0207. The van der Waals surface area contributed by atoms with Gasteiger partial charge in [-0.2, -0.15) is 0 Å². The van der Waals surface area contributed by atoms with E-state index in [-0.39, 0.29) is 24.5 Å². The first kappa shape index (κ1) is 20.3. The van der Waals surface area contributed by atoms with Crippen LogP contribution in [0.15, 0.2) is 36.4 Å². The summed E-state index contributed by atoms with van der Waals surface area (Å²) in [6.07, 6.45) is 1.29. The molecule has 2 aliphatic rings. The Morgan fingerprint density at radius 3 is 2.72 bits per heavy atom. The molecule has 0 saturated carbocycles. The summed E-state index contributed by atoms with van der Waals surface area (Å²) in [5.41, 5.74) is 3.20. The van der Waals surface area contributed by atoms with E-state index in [1.165, 1.54) is 0 Å². The molecule has 0 aliphatic carbocycles. The van der Waals surface area contributed by atoms with Crippen LogP contribution in [0.3, 0.4) is 0 Å². The molecule has 1 N–H and O–H groups in total. The summed E-state index contributed by atoms with van der Waals surface area (Å²) in [7, 11) is 0. The summed E-state index contributed by atoms with van der Waals surface area (Å²) in [6.45, 7) is 4.51. The highest BCUT2D eigenvalue weighted by Crippen LogP contribution is 2.32. The first-order chi connectivity index (χ1) is 15.6. The monoisotopic (exact) mass is 435 g/mol. The Morgan fingerprint density at radius 1 is 1.09 bits per heavy atom. The van der Waals surface area contributed by atoms with E-state index in [2.05, 4.69) is 15.6 Å². The maximum absolute atomic E-state index is 12.9. The fraction of sp³-hybridized carbons (Fsp3) is 0.391. The third-order valence-electron chi connectivity index (χ3n) is 6.12. The second-order valence-electron chi connectivity index (χ2n) is 8.08. The van der Waals surface area contributed by atoms with Crippen LogP contribution in [-0.2, 0) is 17.9 Å². The summed E-state index contributed by atoms with van der Waals surface area (Å²) in [5, 5.41) is 11.3. The van der Waals surface area contributed by atoms with Gasteiger partial charge in [-0.15, -0.1) is 5.10 Å². The van der Waals surface area contributed by atoms with Crippen LogP contribution >= 0.6 is 0 Å². The van der Waals surface area contributed by atoms with Crippen LogP contribution in [0.2, 0.25) is 0 Å². The zero-order chi connectivity index (χ0) is 22.1. The molecule has 9 nitrogen and oxygen atoms in total. The number of hydrogen-bond acceptors (Lipinski definition) is 6. The average molecular weight is 435 g/mol. The molecule has 2 amide bonds. The summed E-state index contributed by atoms with van der Waals surface area (Å²) >= 11 is 0. The van der Waals surface area contributed by atoms with E-state index in [9.17, 15) is 9.59 Å². The van der Waals surface area contributed by atoms with Gasteiger partial charge in [0.2, 0.25) is 12.7 Å². The number of ether oxygens (including phenoxy) is 2. The maximum atomic E-state index is 12.9. The number of piperidine rings is 1. The Labute approximate surface area is 185 Å². The molecule has 3 aromatic rings. The molecular formula is C23H25N5O4. The smallest absolute Gasteiger partial charge is 0.253 e. The molecule has 1 fully saturated rings. The lowest BCUT2D eigenvalue weighted by Gasteiger charge is -2.31. The fourth-order valence-corrected chi connectivity index (χ4v) is 4.25. The zero-order valence-corrected chi connectivity index (χ0v) is 17.9. The SMILES string of the molecule is CCn1nnc2cc(C(=O)N3CCC(C(=O)NCc4ccc5c(c4)OCO5)CC3)ccc21. The fourth-order valence-electron chi connectivity index (χ4n) is 4.25. The molecule has 9 heteroatoms. The number of nitrogens with zero attached hydrogens (tertiary/aromatic N) is 4. The largest absolute Gasteiger partial charge is 0.454 e. The molecule has 166 valence electrons. The van der Waals surface area contributed by atoms with Crippen LogP contribution in [0.1, 0.15) is 35.7 Å². The number of aromatic nitrogens is 3. The molecule has 0 unspecified atom stereocenters. The minimum atomic E-state index is -0.0972. The molecule has 1 aromatic heterocycles. The van der Waals surface area contributed by atoms with Crippen molar-refractivity contribution in [2.24, 2.45) is 5.92 Å². The van der Waals surface area contributed by atoms with E-state index in [1.54, 1.807) is 10.7 Å². The van der Waals surface area contributed by atoms with Gasteiger partial charge in [0, 0.05) is 37.7 Å². The van der Waals surface area contributed by atoms with Crippen molar-refractivity contribution in [2.75, 3.05) is 19.9 Å². The van der Waals surface area contributed by atoms with Gasteiger partial charge in [-0.25, -0.2) is 4.68 Å². The number of carbonyl (C=O) groups excluding carboxylic acids is 2. The van der Waals surface area contributed by atoms with Crippen molar-refractivity contribution in [3.05, 3.63) is 47.5 Å². The number of aryl methyl sites for hydroxylation is 1. The molecule has 2 aliphatic heterocycles. The number of rotatable bonds is 5. The summed E-state index contributed by atoms with van der Waals surface area (Å²) in [5.74, 6) is 1.33. The topological polar surface area (TPSA) is 98.6 Å². The van der Waals surface area contributed by atoms with Gasteiger partial charge in [0.1, 0.15) is 5.52 Å². The van der Waals surface area contributed by atoms with Crippen molar-refractivity contribution in [3.8, 4) is 11.5 Å². The van der Waals surface area contributed by atoms with Gasteiger partial charge in [-0.3, -0.25) is 9.59 Å². The first-order valence-corrected chi connectivity index (χ1v) is 10.9. The third kappa shape index (κ3) is 3.86. The number of hydrogen-bond donors (Lipinski definition) is 1. The number of nitrogens with one attached hydrogen (secondary N) is 1. The van der Waals surface area contributed by atoms with Crippen molar-refractivity contribution in [1.82, 2.24) is 25.2 Å². The highest BCUT2D eigenvalue weighted by atomic mass is 16.7. The minimum Gasteiger partial charge on any atom is -0.454 e. The van der Waals surface area contributed by atoms with Crippen molar-refractivity contribution in [1.29, 1.82) is 0 Å². The zero-order valence-electron chi connectivity index (χ0n) is 17.9. The number of carbonyl (C=O) groups is 2. The van der Waals surface area contributed by atoms with Gasteiger partial charge < -0.3 is 19.7 Å². The number of benzene rings is 2. The molecule has 0 radical (unpaired) electrons. The van der Waals surface area contributed by atoms with Gasteiger partial charge in [-0.05, 0) is 55.7 Å². The van der Waals surface area contributed by atoms with E-state index in [1.807, 2.05) is 42.2 Å². The standard InChI is InChI=1S/C23H25N5O4/c1-2-28-19-5-4-17(12-18(19)25-26-28)23(30)27-9-7-16(8-10-27)22(29)24-13-15-3-6-20-21(11-15)32-14-31-20/h3-6,11-12,16H,2,7-10,13-14H2,1H3,(H,24,29). The van der Waals surface area contributed by atoms with Crippen molar-refractivity contribution >= 4 is 22.8 Å². The van der Waals surface area contributed by atoms with Crippen LogP contribution in [0.4, 0.5) is 0 Å². The highest BCUT2D eigenvalue weighted by molar-refractivity contribution is 5.97. The number of amides is 2. The average Bonchev–Trinajstić information content (AvgIpc) is 3.47. The van der Waals surface area contributed by atoms with Crippen LogP contribution in [0, 0.1) is 5.92 Å². The van der Waals surface area contributed by atoms with E-state index in [0.717, 1.165) is 28.9 Å². The Kier molecular flexibility index (Phi) is 5.38. The molecule has 0 spiro atoms. The van der Waals surface area contributed by atoms with Gasteiger partial charge in [-0.1, -0.05) is 11.3 Å². The molecule has 1 saturated heterocycles. The molecule has 5 rings (SSSR count). The van der Waals surface area contributed by atoms with Gasteiger partial charge in [0.15, 0.2) is 11.5 Å². The Morgan fingerprint density at radius 2 is 1.91 bits per heavy atom. The van der Waals surface area contributed by atoms with Gasteiger partial charge in [0.25, 0.3) is 5.91 Å². The molecule has 32 heavy (non-hydrogen) atoms. The van der Waals surface area contributed by atoms with E-state index < -0.39 is 0 Å². The summed E-state index contributed by atoms with van der Waals surface area (Å²) in [4.78, 5) is 27.4. The number of likely N-dealkylation sites (tertiary alicyclic amines) is 1. The van der Waals surface area contributed by atoms with Gasteiger partial charge in [0.05, 0.1) is 5.52 Å². The second-order valence-corrected chi connectivity index (χ2v) is 8.08. The van der Waals surface area contributed by atoms with Crippen LogP contribution in [-0.4, -0.2) is 51.6 Å². The number of fused-ring (bicyclic) bond motifs is 2. The molecule has 0 bridgehead atoms. The maximum Gasteiger partial charge on any atom is 0.253 e. The lowest BCUT2D eigenvalue weighted by atomic mass is 9.95. The first-order valence-electron chi connectivity index (χ1n) is 10.9. The Hall–Kier alpha value is -3.62. The van der Waals surface area contributed by atoms with Crippen LogP contribution in [0.25, 0.3) is 11.0 Å². The van der Waals surface area contributed by atoms with Crippen molar-refractivity contribution in [2.45, 2.75) is 32.9 Å². The van der Waals surface area contributed by atoms with E-state index >= 15 is 0 Å². The second kappa shape index (κ2) is 8.49. The Bertz CT molecular complexity index is 1170. The van der Waals surface area contributed by atoms with Crippen LogP contribution in [0.5, 0.6) is 11.5 Å². The van der Waals surface area contributed by atoms with Crippen molar-refractivity contribution in [3.63, 3.8) is 0 Å². The molecule has 3 heterocycles. The lowest BCUT2D eigenvalue weighted by molar-refractivity contribution is -0.126. The predicted molar refractivity (Wildman–Crippen MR) is 116 cm³/mol. The molecular weight excluding hydrogens is 410 g/mol. The van der Waals surface area contributed by atoms with Crippen LogP contribution < -0.4 is 14.8 Å². The third-order valence-corrected chi connectivity index (χ3v) is 6.12. The lowest BCUT2D eigenvalue weighted by Crippen LogP contribution is -2.42. The molecule has 0 atom stereocenters. The summed E-state index contributed by atoms with van der Waals surface area (Å²) < 4.78 is 12.5. The van der Waals surface area contributed by atoms with Gasteiger partial charge >= 0.3 is 0 Å². The highest BCUT2D eigenvalue weighted by Gasteiger charge is 2.28. The quantitative estimate of drug-likeness (QED) is 0.661. The summed E-state index contributed by atoms with van der Waals surface area (Å²) in [6, 6.07) is 11.2. The van der Waals surface area contributed by atoms with Crippen molar-refractivity contribution < 1.29 is 19.1 Å². The normalized spacial score (nSPS) is 15.8. The van der Waals surface area contributed by atoms with E-state index in [0.29, 0.717) is 43.8 Å².